The van der Waals surface area contributed by atoms with E-state index in [0.29, 0.717) is 5.56 Å². The first-order valence-corrected chi connectivity index (χ1v) is 3.55. The van der Waals surface area contributed by atoms with E-state index in [-0.39, 0.29) is 5.56 Å². The van der Waals surface area contributed by atoms with Gasteiger partial charge in [0.25, 0.3) is 6.43 Å². The first kappa shape index (κ1) is 8.27. The van der Waals surface area contributed by atoms with Crippen molar-refractivity contribution in [1.82, 2.24) is 0 Å². The van der Waals surface area contributed by atoms with Gasteiger partial charge in [-0.05, 0) is 5.56 Å². The summed E-state index contributed by atoms with van der Waals surface area (Å²) in [6.07, 6.45) is -2.44. The molecule has 0 heterocycles. The fraction of sp³-hybridized carbons (Fsp3) is 0.125. The molecule has 0 spiro atoms. The molecular formula is C8H6F2S. The van der Waals surface area contributed by atoms with Crippen molar-refractivity contribution in [3.8, 4) is 0 Å². The molecule has 0 nitrogen and oxygen atoms in total. The SMILES string of the molecule is FC(F)c1ccccc1C=S. The van der Waals surface area contributed by atoms with Crippen LogP contribution in [0.5, 0.6) is 0 Å². The van der Waals surface area contributed by atoms with Crippen LogP contribution in [0.3, 0.4) is 0 Å². The third-order valence-corrected chi connectivity index (χ3v) is 1.61. The summed E-state index contributed by atoms with van der Waals surface area (Å²) in [7, 11) is 0. The zero-order valence-corrected chi connectivity index (χ0v) is 6.44. The zero-order valence-electron chi connectivity index (χ0n) is 5.63. The van der Waals surface area contributed by atoms with Crippen LogP contribution in [0, 0.1) is 0 Å². The summed E-state index contributed by atoms with van der Waals surface area (Å²) >= 11 is 4.57. The summed E-state index contributed by atoms with van der Waals surface area (Å²) in [5.74, 6) is 0. The smallest absolute Gasteiger partial charge is 0.205 e. The van der Waals surface area contributed by atoms with Crippen LogP contribution in [0.4, 0.5) is 8.78 Å². The molecule has 1 aromatic rings. The fourth-order valence-electron chi connectivity index (χ4n) is 0.817. The number of alkyl halides is 2. The number of halogens is 2. The highest BCUT2D eigenvalue weighted by molar-refractivity contribution is 7.79. The predicted molar refractivity (Wildman–Crippen MR) is 44.2 cm³/mol. The van der Waals surface area contributed by atoms with Crippen molar-refractivity contribution in [3.05, 3.63) is 35.4 Å². The summed E-state index contributed by atoms with van der Waals surface area (Å²) in [5.41, 5.74) is 0.431. The standard InChI is InChI=1S/C8H6F2S/c9-8(10)7-4-2-1-3-6(7)5-11/h1-5,8H. The number of hydrogen-bond acceptors (Lipinski definition) is 1. The maximum absolute atomic E-state index is 12.1. The van der Waals surface area contributed by atoms with E-state index in [9.17, 15) is 8.78 Å². The Hall–Kier alpha value is -0.830. The molecular weight excluding hydrogens is 166 g/mol. The monoisotopic (exact) mass is 172 g/mol. The van der Waals surface area contributed by atoms with Crippen molar-refractivity contribution in [1.29, 1.82) is 0 Å². The second-order valence-electron chi connectivity index (χ2n) is 2.05. The number of rotatable bonds is 2. The summed E-state index contributed by atoms with van der Waals surface area (Å²) < 4.78 is 24.3. The number of benzene rings is 1. The Bertz CT molecular complexity index is 258. The van der Waals surface area contributed by atoms with Crippen molar-refractivity contribution in [2.45, 2.75) is 6.43 Å². The molecule has 3 heteroatoms. The Balaban J connectivity index is 3.12. The normalized spacial score (nSPS) is 10.1. The lowest BCUT2D eigenvalue weighted by atomic mass is 10.1. The third-order valence-electron chi connectivity index (χ3n) is 1.36. The van der Waals surface area contributed by atoms with Crippen molar-refractivity contribution in [2.75, 3.05) is 0 Å². The average Bonchev–Trinajstić information content (AvgIpc) is 2.04. The zero-order chi connectivity index (χ0) is 8.27. The van der Waals surface area contributed by atoms with Crippen molar-refractivity contribution >= 4 is 17.6 Å². The number of hydrogen-bond donors (Lipinski definition) is 0. The Morgan fingerprint density at radius 2 is 1.91 bits per heavy atom. The molecule has 0 fully saturated rings. The molecule has 0 aromatic heterocycles. The highest BCUT2D eigenvalue weighted by Crippen LogP contribution is 2.21. The molecule has 11 heavy (non-hydrogen) atoms. The lowest BCUT2D eigenvalue weighted by Gasteiger charge is -2.01. The molecule has 0 saturated heterocycles. The van der Waals surface area contributed by atoms with Crippen LogP contribution >= 0.6 is 12.2 Å². The van der Waals surface area contributed by atoms with E-state index in [1.807, 2.05) is 0 Å². The molecule has 1 aromatic carbocycles. The van der Waals surface area contributed by atoms with Crippen molar-refractivity contribution < 1.29 is 8.78 Å². The lowest BCUT2D eigenvalue weighted by Crippen LogP contribution is -1.90. The van der Waals surface area contributed by atoms with Crippen LogP contribution in [0.2, 0.25) is 0 Å². The lowest BCUT2D eigenvalue weighted by molar-refractivity contribution is 0.151. The van der Waals surface area contributed by atoms with Gasteiger partial charge in [-0.15, -0.1) is 0 Å². The van der Waals surface area contributed by atoms with E-state index in [4.69, 9.17) is 0 Å². The van der Waals surface area contributed by atoms with E-state index in [1.165, 1.54) is 11.4 Å². The topological polar surface area (TPSA) is 0 Å². The van der Waals surface area contributed by atoms with Gasteiger partial charge < -0.3 is 0 Å². The first-order chi connectivity index (χ1) is 5.25. The molecule has 58 valence electrons. The molecule has 0 saturated carbocycles. The Morgan fingerprint density at radius 1 is 1.27 bits per heavy atom. The summed E-state index contributed by atoms with van der Waals surface area (Å²) in [4.78, 5) is 0. The predicted octanol–water partition coefficient (Wildman–Crippen LogP) is 2.97. The van der Waals surface area contributed by atoms with Crippen molar-refractivity contribution in [3.63, 3.8) is 0 Å². The van der Waals surface area contributed by atoms with Crippen LogP contribution in [0.15, 0.2) is 24.3 Å². The largest absolute Gasteiger partial charge is 0.264 e. The second-order valence-corrected chi connectivity index (χ2v) is 2.28. The van der Waals surface area contributed by atoms with E-state index in [0.717, 1.165) is 0 Å². The minimum absolute atomic E-state index is 0.00231. The fourth-order valence-corrected chi connectivity index (χ4v) is 1.03. The highest BCUT2D eigenvalue weighted by Gasteiger charge is 2.09. The Kier molecular flexibility index (Phi) is 2.65. The average molecular weight is 172 g/mol. The molecule has 0 bridgehead atoms. The van der Waals surface area contributed by atoms with Gasteiger partial charge in [-0.2, -0.15) is 0 Å². The maximum atomic E-state index is 12.1. The minimum atomic E-state index is -2.44. The van der Waals surface area contributed by atoms with Gasteiger partial charge in [-0.3, -0.25) is 0 Å². The van der Waals surface area contributed by atoms with E-state index < -0.39 is 6.43 Å². The first-order valence-electron chi connectivity index (χ1n) is 3.08. The molecule has 0 aliphatic rings. The van der Waals surface area contributed by atoms with E-state index in [1.54, 1.807) is 18.2 Å². The molecule has 0 amide bonds. The van der Waals surface area contributed by atoms with Gasteiger partial charge in [-0.1, -0.05) is 36.5 Å². The number of thiocarbonyl (C=S) groups is 1. The molecule has 0 unspecified atom stereocenters. The van der Waals surface area contributed by atoms with Gasteiger partial charge in [-0.25, -0.2) is 8.78 Å². The molecule has 0 N–H and O–H groups in total. The molecule has 0 radical (unpaired) electrons. The Morgan fingerprint density at radius 3 is 2.36 bits per heavy atom. The Labute approximate surface area is 68.9 Å². The highest BCUT2D eigenvalue weighted by atomic mass is 32.1. The van der Waals surface area contributed by atoms with Gasteiger partial charge in [0.05, 0.1) is 0 Å². The molecule has 1 rings (SSSR count). The molecule has 0 atom stereocenters. The van der Waals surface area contributed by atoms with Crippen LogP contribution in [-0.4, -0.2) is 5.37 Å². The summed E-state index contributed by atoms with van der Waals surface area (Å²) in [6.45, 7) is 0. The van der Waals surface area contributed by atoms with Gasteiger partial charge in [0, 0.05) is 10.9 Å². The van der Waals surface area contributed by atoms with E-state index >= 15 is 0 Å². The third kappa shape index (κ3) is 1.80. The van der Waals surface area contributed by atoms with Crippen LogP contribution < -0.4 is 0 Å². The maximum Gasteiger partial charge on any atom is 0.264 e. The van der Waals surface area contributed by atoms with Gasteiger partial charge in [0.2, 0.25) is 0 Å². The van der Waals surface area contributed by atoms with Gasteiger partial charge in [0.15, 0.2) is 0 Å². The summed E-state index contributed by atoms with van der Waals surface area (Å²) in [5, 5.41) is 1.27. The minimum Gasteiger partial charge on any atom is -0.205 e. The van der Waals surface area contributed by atoms with Gasteiger partial charge >= 0.3 is 0 Å². The van der Waals surface area contributed by atoms with Crippen LogP contribution in [-0.2, 0) is 0 Å². The second kappa shape index (κ2) is 3.53. The molecule has 0 aliphatic heterocycles. The quantitative estimate of drug-likeness (QED) is 0.618. The van der Waals surface area contributed by atoms with Crippen LogP contribution in [0.25, 0.3) is 0 Å². The van der Waals surface area contributed by atoms with Crippen molar-refractivity contribution in [2.24, 2.45) is 0 Å². The summed E-state index contributed by atoms with van der Waals surface area (Å²) in [6, 6.07) is 6.21. The van der Waals surface area contributed by atoms with Gasteiger partial charge in [0.1, 0.15) is 0 Å². The van der Waals surface area contributed by atoms with E-state index in [2.05, 4.69) is 12.2 Å². The molecule has 0 aliphatic carbocycles. The van der Waals surface area contributed by atoms with Crippen LogP contribution in [0.1, 0.15) is 17.6 Å².